The van der Waals surface area contributed by atoms with Crippen molar-refractivity contribution in [2.75, 3.05) is 26.2 Å². The van der Waals surface area contributed by atoms with Crippen LogP contribution in [0.25, 0.3) is 0 Å². The summed E-state index contributed by atoms with van der Waals surface area (Å²) < 4.78 is 5.53. The number of ether oxygens (including phenoxy) is 1. The Bertz CT molecular complexity index is 613. The summed E-state index contributed by atoms with van der Waals surface area (Å²) >= 11 is 1.78. The summed E-state index contributed by atoms with van der Waals surface area (Å²) in [6.07, 6.45) is 3.77. The minimum Gasteiger partial charge on any atom is -0.387 e. The van der Waals surface area contributed by atoms with E-state index < -0.39 is 0 Å². The Morgan fingerprint density at radius 2 is 2.50 bits per heavy atom. The van der Waals surface area contributed by atoms with Crippen LogP contribution in [0.3, 0.4) is 0 Å². The Hall–Kier alpha value is -1.44. The van der Waals surface area contributed by atoms with Crippen molar-refractivity contribution in [3.8, 4) is 0 Å². The zero-order valence-electron chi connectivity index (χ0n) is 13.7. The maximum absolute atomic E-state index is 12.3. The lowest BCUT2D eigenvalue weighted by atomic mass is 9.96. The number of carbonyl (C=O) groups excluding carboxylic acids is 1. The van der Waals surface area contributed by atoms with E-state index in [0.717, 1.165) is 45.5 Å². The molecular weight excluding hydrogens is 326 g/mol. The first-order valence-electron chi connectivity index (χ1n) is 8.62. The van der Waals surface area contributed by atoms with Crippen LogP contribution in [0.2, 0.25) is 0 Å². The van der Waals surface area contributed by atoms with Gasteiger partial charge in [0.1, 0.15) is 5.71 Å². The second-order valence-corrected chi connectivity index (χ2v) is 7.91. The van der Waals surface area contributed by atoms with E-state index in [1.807, 2.05) is 0 Å². The Kier molecular flexibility index (Phi) is 4.56. The lowest BCUT2D eigenvalue weighted by molar-refractivity contribution is -0.115. The largest absolute Gasteiger partial charge is 0.387 e. The van der Waals surface area contributed by atoms with Crippen molar-refractivity contribution in [1.82, 2.24) is 10.2 Å². The molecule has 24 heavy (non-hydrogen) atoms. The first-order valence-corrected chi connectivity index (χ1v) is 9.50. The number of carbonyl (C=O) groups is 1. The van der Waals surface area contributed by atoms with Gasteiger partial charge in [-0.25, -0.2) is 0 Å². The van der Waals surface area contributed by atoms with Crippen molar-refractivity contribution in [3.63, 3.8) is 0 Å². The molecule has 3 aliphatic rings. The third-order valence-electron chi connectivity index (χ3n) is 4.97. The molecule has 1 aromatic rings. The van der Waals surface area contributed by atoms with Gasteiger partial charge in [0.15, 0.2) is 5.60 Å². The molecule has 1 spiro atoms. The van der Waals surface area contributed by atoms with Crippen LogP contribution in [-0.4, -0.2) is 54.5 Å². The maximum atomic E-state index is 12.3. The molecule has 4 heterocycles. The molecule has 2 saturated heterocycles. The van der Waals surface area contributed by atoms with Crippen molar-refractivity contribution in [3.05, 3.63) is 22.4 Å². The van der Waals surface area contributed by atoms with Crippen LogP contribution in [-0.2, 0) is 20.9 Å². The van der Waals surface area contributed by atoms with Crippen LogP contribution in [0.5, 0.6) is 0 Å². The Morgan fingerprint density at radius 3 is 3.29 bits per heavy atom. The molecule has 7 heteroatoms. The van der Waals surface area contributed by atoms with Crippen LogP contribution in [0.15, 0.2) is 22.7 Å². The molecule has 4 rings (SSSR count). The number of hydrogen-bond acceptors (Lipinski definition) is 6. The average molecular weight is 349 g/mol. The van der Waals surface area contributed by atoms with E-state index in [1.54, 1.807) is 11.3 Å². The van der Waals surface area contributed by atoms with E-state index in [2.05, 4.69) is 32.9 Å². The molecule has 2 atom stereocenters. The summed E-state index contributed by atoms with van der Waals surface area (Å²) in [5.74, 6) is -0.112. The molecule has 3 aliphatic heterocycles. The van der Waals surface area contributed by atoms with Crippen molar-refractivity contribution in [1.29, 1.82) is 0 Å². The zero-order chi connectivity index (χ0) is 16.4. The number of oxime groups is 1. The highest BCUT2D eigenvalue weighted by atomic mass is 32.1. The number of thiophene rings is 1. The van der Waals surface area contributed by atoms with Crippen molar-refractivity contribution < 1.29 is 14.4 Å². The summed E-state index contributed by atoms with van der Waals surface area (Å²) in [6.45, 7) is 4.13. The topological polar surface area (TPSA) is 63.2 Å². The predicted molar refractivity (Wildman–Crippen MR) is 92.1 cm³/mol. The highest BCUT2D eigenvalue weighted by Gasteiger charge is 2.46. The molecule has 0 bridgehead atoms. The second-order valence-electron chi connectivity index (χ2n) is 6.87. The van der Waals surface area contributed by atoms with Gasteiger partial charge in [0.05, 0.1) is 6.10 Å². The van der Waals surface area contributed by atoms with Gasteiger partial charge < -0.3 is 14.9 Å². The normalized spacial score (nSPS) is 29.8. The van der Waals surface area contributed by atoms with E-state index in [0.29, 0.717) is 18.7 Å². The molecule has 0 saturated carbocycles. The number of nitrogens with one attached hydrogen (secondary N) is 1. The molecule has 130 valence electrons. The van der Waals surface area contributed by atoms with Crippen LogP contribution < -0.4 is 5.32 Å². The third-order valence-corrected chi connectivity index (χ3v) is 5.83. The molecule has 2 unspecified atom stereocenters. The van der Waals surface area contributed by atoms with Gasteiger partial charge in [-0.05, 0) is 24.3 Å². The minimum absolute atomic E-state index is 0.112. The summed E-state index contributed by atoms with van der Waals surface area (Å²) in [5.41, 5.74) is 0.208. The third kappa shape index (κ3) is 3.48. The van der Waals surface area contributed by atoms with E-state index in [-0.39, 0.29) is 17.6 Å². The van der Waals surface area contributed by atoms with Gasteiger partial charge in [0.2, 0.25) is 0 Å². The number of nitrogens with zero attached hydrogens (tertiary/aromatic N) is 2. The van der Waals surface area contributed by atoms with Gasteiger partial charge in [-0.3, -0.25) is 9.69 Å². The lowest BCUT2D eigenvalue weighted by Crippen LogP contribution is -2.39. The van der Waals surface area contributed by atoms with Gasteiger partial charge in [0.25, 0.3) is 5.91 Å². The van der Waals surface area contributed by atoms with E-state index in [4.69, 9.17) is 9.57 Å². The smallest absolute Gasteiger partial charge is 0.269 e. The summed E-state index contributed by atoms with van der Waals surface area (Å²) in [7, 11) is 0. The second kappa shape index (κ2) is 6.82. The Morgan fingerprint density at radius 1 is 1.54 bits per heavy atom. The number of likely N-dealkylation sites (tertiary alicyclic amines) is 1. The SMILES string of the molecule is O=C(NCC1CCCO1)C1=NOC2(CCN(Cc3cccs3)C2)C1. The van der Waals surface area contributed by atoms with Gasteiger partial charge in [-0.2, -0.15) is 0 Å². The number of hydrogen-bond donors (Lipinski definition) is 1. The summed E-state index contributed by atoms with van der Waals surface area (Å²) in [4.78, 5) is 21.7. The fraction of sp³-hybridized carbons (Fsp3) is 0.647. The Labute approximate surface area is 145 Å². The minimum atomic E-state index is -0.312. The maximum Gasteiger partial charge on any atom is 0.269 e. The van der Waals surface area contributed by atoms with Gasteiger partial charge in [0, 0.05) is 50.5 Å². The van der Waals surface area contributed by atoms with Crippen LogP contribution >= 0.6 is 11.3 Å². The van der Waals surface area contributed by atoms with Crippen LogP contribution in [0.1, 0.15) is 30.6 Å². The van der Waals surface area contributed by atoms with Crippen molar-refractivity contribution >= 4 is 23.0 Å². The van der Waals surface area contributed by atoms with E-state index in [1.165, 1.54) is 4.88 Å². The summed E-state index contributed by atoms with van der Waals surface area (Å²) in [6, 6.07) is 4.24. The molecule has 1 amide bonds. The van der Waals surface area contributed by atoms with Gasteiger partial charge in [-0.15, -0.1) is 11.3 Å². The first kappa shape index (κ1) is 16.1. The first-order chi connectivity index (χ1) is 11.7. The predicted octanol–water partition coefficient (Wildman–Crippen LogP) is 1.76. The Balaban J connectivity index is 1.26. The molecule has 0 aliphatic carbocycles. The fourth-order valence-electron chi connectivity index (χ4n) is 3.66. The van der Waals surface area contributed by atoms with Gasteiger partial charge in [-0.1, -0.05) is 11.2 Å². The zero-order valence-corrected chi connectivity index (χ0v) is 14.5. The molecule has 0 aromatic carbocycles. The standard InChI is InChI=1S/C17H23N3O3S/c21-16(18-10-13-3-1-7-22-13)15-9-17(23-19-15)5-6-20(12-17)11-14-4-2-8-24-14/h2,4,8,13H,1,3,5-7,9-12H2,(H,18,21). The monoisotopic (exact) mass is 349 g/mol. The molecule has 6 nitrogen and oxygen atoms in total. The fourth-order valence-corrected chi connectivity index (χ4v) is 4.41. The average Bonchev–Trinajstić information content (AvgIpc) is 3.35. The number of rotatable bonds is 5. The molecular formula is C17H23N3O3S. The van der Waals surface area contributed by atoms with E-state index in [9.17, 15) is 4.79 Å². The van der Waals surface area contributed by atoms with E-state index >= 15 is 0 Å². The quantitative estimate of drug-likeness (QED) is 0.880. The van der Waals surface area contributed by atoms with Crippen LogP contribution in [0.4, 0.5) is 0 Å². The van der Waals surface area contributed by atoms with Crippen LogP contribution in [0, 0.1) is 0 Å². The lowest BCUT2D eigenvalue weighted by Gasteiger charge is -2.21. The van der Waals surface area contributed by atoms with Gasteiger partial charge >= 0.3 is 0 Å². The van der Waals surface area contributed by atoms with Crippen molar-refractivity contribution in [2.45, 2.75) is 43.9 Å². The van der Waals surface area contributed by atoms with Crippen molar-refractivity contribution in [2.24, 2.45) is 5.16 Å². The number of amides is 1. The summed E-state index contributed by atoms with van der Waals surface area (Å²) in [5, 5.41) is 9.13. The highest BCUT2D eigenvalue weighted by molar-refractivity contribution is 7.09. The molecule has 1 aromatic heterocycles. The molecule has 2 fully saturated rings. The molecule has 0 radical (unpaired) electrons. The molecule has 1 N–H and O–H groups in total. The highest BCUT2D eigenvalue weighted by Crippen LogP contribution is 2.34.